The summed E-state index contributed by atoms with van der Waals surface area (Å²) in [5.74, 6) is 0. The van der Waals surface area contributed by atoms with E-state index in [0.29, 0.717) is 32.0 Å². The van der Waals surface area contributed by atoms with Gasteiger partial charge >= 0.3 is 0 Å². The lowest BCUT2D eigenvalue weighted by Crippen LogP contribution is -2.48. The van der Waals surface area contributed by atoms with E-state index in [9.17, 15) is 8.42 Å². The molecule has 0 amide bonds. The van der Waals surface area contributed by atoms with Gasteiger partial charge in [-0.1, -0.05) is 22.9 Å². The molecule has 0 radical (unpaired) electrons. The lowest BCUT2D eigenvalue weighted by atomic mass is 10.5. The number of aromatic nitrogens is 1. The van der Waals surface area contributed by atoms with Crippen LogP contribution in [0.2, 0.25) is 4.47 Å². The molecule has 1 aromatic heterocycles. The normalized spacial score (nSPS) is 18.5. The van der Waals surface area contributed by atoms with Crippen LogP contribution in [0.5, 0.6) is 0 Å². The number of hydrazine groups is 1. The first-order valence-corrected chi connectivity index (χ1v) is 7.65. The zero-order chi connectivity index (χ0) is 12.5. The van der Waals surface area contributed by atoms with Gasteiger partial charge in [-0.25, -0.2) is 18.4 Å². The molecule has 1 saturated heterocycles. The minimum Gasteiger partial charge on any atom is -0.379 e. The predicted octanol–water partition coefficient (Wildman–Crippen LogP) is 0.630. The Balaban J connectivity index is 2.15. The molecule has 17 heavy (non-hydrogen) atoms. The molecule has 9 heteroatoms. The van der Waals surface area contributed by atoms with Crippen molar-refractivity contribution in [3.05, 3.63) is 10.2 Å². The number of nitrogens with zero attached hydrogens (tertiary/aromatic N) is 2. The summed E-state index contributed by atoms with van der Waals surface area (Å²) >= 11 is 6.65. The second kappa shape index (κ2) is 5.17. The van der Waals surface area contributed by atoms with Crippen LogP contribution in [-0.2, 0) is 14.8 Å². The van der Waals surface area contributed by atoms with Crippen molar-refractivity contribution in [1.29, 1.82) is 0 Å². The van der Waals surface area contributed by atoms with Crippen LogP contribution in [0, 0.1) is 6.92 Å². The minimum atomic E-state index is -3.58. The summed E-state index contributed by atoms with van der Waals surface area (Å²) in [6.45, 7) is 3.72. The number of morpholine rings is 1. The Morgan fingerprint density at radius 3 is 2.65 bits per heavy atom. The quantitative estimate of drug-likeness (QED) is 0.886. The van der Waals surface area contributed by atoms with Gasteiger partial charge in [0, 0.05) is 13.1 Å². The molecule has 0 spiro atoms. The Kier molecular flexibility index (Phi) is 4.01. The highest BCUT2D eigenvalue weighted by atomic mass is 35.5. The highest BCUT2D eigenvalue weighted by Crippen LogP contribution is 2.26. The van der Waals surface area contributed by atoms with Crippen molar-refractivity contribution in [2.24, 2.45) is 0 Å². The third-order valence-corrected chi connectivity index (χ3v) is 5.48. The van der Waals surface area contributed by atoms with Crippen LogP contribution < -0.4 is 4.83 Å². The number of halogens is 1. The van der Waals surface area contributed by atoms with Crippen LogP contribution in [-0.4, -0.2) is 44.7 Å². The maximum atomic E-state index is 12.1. The highest BCUT2D eigenvalue weighted by Gasteiger charge is 2.24. The molecule has 1 aliphatic rings. The van der Waals surface area contributed by atoms with Gasteiger partial charge in [0.2, 0.25) is 0 Å². The number of hydrogen-bond acceptors (Lipinski definition) is 6. The number of ether oxygens (including phenoxy) is 1. The van der Waals surface area contributed by atoms with E-state index in [1.54, 1.807) is 11.9 Å². The number of aryl methyl sites for hydroxylation is 1. The van der Waals surface area contributed by atoms with Gasteiger partial charge in [-0.2, -0.15) is 0 Å². The summed E-state index contributed by atoms with van der Waals surface area (Å²) in [6, 6.07) is 0. The van der Waals surface area contributed by atoms with E-state index in [1.165, 1.54) is 0 Å². The van der Waals surface area contributed by atoms with Crippen LogP contribution in [0.25, 0.3) is 0 Å². The summed E-state index contributed by atoms with van der Waals surface area (Å²) in [6.07, 6.45) is 0. The molecule has 2 rings (SSSR count). The van der Waals surface area contributed by atoms with Crippen LogP contribution in [0.3, 0.4) is 0 Å². The van der Waals surface area contributed by atoms with E-state index >= 15 is 0 Å². The molecule has 0 unspecified atom stereocenters. The molecule has 2 heterocycles. The minimum absolute atomic E-state index is 0.161. The van der Waals surface area contributed by atoms with Gasteiger partial charge in [0.15, 0.2) is 8.68 Å². The monoisotopic (exact) mass is 297 g/mol. The molecule has 0 bridgehead atoms. The van der Waals surface area contributed by atoms with E-state index < -0.39 is 10.0 Å². The van der Waals surface area contributed by atoms with Gasteiger partial charge in [0.1, 0.15) is 0 Å². The standard InChI is InChI=1S/C8H12ClN3O3S2/c1-6-7(16-8(9)10-6)17(13,14)11-12-2-4-15-5-3-12/h11H,2-5H2,1H3. The Hall–Kier alpha value is -0.250. The van der Waals surface area contributed by atoms with Gasteiger partial charge in [0.25, 0.3) is 10.0 Å². The molecule has 0 saturated carbocycles. The summed E-state index contributed by atoms with van der Waals surface area (Å²) in [5, 5.41) is 1.62. The van der Waals surface area contributed by atoms with E-state index in [0.717, 1.165) is 11.3 Å². The summed E-state index contributed by atoms with van der Waals surface area (Å²) < 4.78 is 29.6. The molecule has 0 aromatic carbocycles. The van der Waals surface area contributed by atoms with E-state index in [4.69, 9.17) is 16.3 Å². The summed E-state index contributed by atoms with van der Waals surface area (Å²) in [4.78, 5) is 6.39. The van der Waals surface area contributed by atoms with Gasteiger partial charge in [-0.3, -0.25) is 0 Å². The zero-order valence-electron chi connectivity index (χ0n) is 9.14. The molecule has 1 fully saturated rings. The largest absolute Gasteiger partial charge is 0.379 e. The Bertz CT molecular complexity index is 496. The lowest BCUT2D eigenvalue weighted by Gasteiger charge is -2.26. The second-order valence-corrected chi connectivity index (χ2v) is 6.97. The highest BCUT2D eigenvalue weighted by molar-refractivity contribution is 7.91. The smallest absolute Gasteiger partial charge is 0.264 e. The maximum Gasteiger partial charge on any atom is 0.264 e. The molecule has 1 N–H and O–H groups in total. The Labute approximate surface area is 109 Å². The van der Waals surface area contributed by atoms with Gasteiger partial charge in [-0.05, 0) is 6.92 Å². The van der Waals surface area contributed by atoms with Crippen LogP contribution in [0.1, 0.15) is 5.69 Å². The Morgan fingerprint density at radius 1 is 1.47 bits per heavy atom. The van der Waals surface area contributed by atoms with Gasteiger partial charge in [0.05, 0.1) is 18.9 Å². The third-order valence-electron chi connectivity index (χ3n) is 2.23. The number of nitrogens with one attached hydrogen (secondary N) is 1. The van der Waals surface area contributed by atoms with Crippen LogP contribution in [0.15, 0.2) is 4.21 Å². The van der Waals surface area contributed by atoms with Gasteiger partial charge in [-0.15, -0.1) is 4.83 Å². The SMILES string of the molecule is Cc1nc(Cl)sc1S(=O)(=O)NN1CCOCC1. The topological polar surface area (TPSA) is 71.5 Å². The Morgan fingerprint density at radius 2 is 2.12 bits per heavy atom. The van der Waals surface area contributed by atoms with Crippen molar-refractivity contribution < 1.29 is 13.2 Å². The molecular weight excluding hydrogens is 286 g/mol. The first-order valence-electron chi connectivity index (χ1n) is 4.97. The van der Waals surface area contributed by atoms with Crippen molar-refractivity contribution in [2.75, 3.05) is 26.3 Å². The van der Waals surface area contributed by atoms with Crippen molar-refractivity contribution in [3.63, 3.8) is 0 Å². The summed E-state index contributed by atoms with van der Waals surface area (Å²) in [7, 11) is -3.58. The summed E-state index contributed by atoms with van der Waals surface area (Å²) in [5.41, 5.74) is 0.417. The van der Waals surface area contributed by atoms with E-state index in [-0.39, 0.29) is 8.68 Å². The third kappa shape index (κ3) is 3.15. The average molecular weight is 298 g/mol. The first-order chi connectivity index (χ1) is 7.99. The molecule has 1 aliphatic heterocycles. The predicted molar refractivity (Wildman–Crippen MR) is 64.6 cm³/mol. The van der Waals surface area contributed by atoms with E-state index in [1.807, 2.05) is 0 Å². The number of rotatable bonds is 3. The zero-order valence-corrected chi connectivity index (χ0v) is 11.5. The fourth-order valence-electron chi connectivity index (χ4n) is 1.47. The van der Waals surface area contributed by atoms with Gasteiger partial charge < -0.3 is 4.74 Å². The fraction of sp³-hybridized carbons (Fsp3) is 0.625. The number of hydrogen-bond donors (Lipinski definition) is 1. The van der Waals surface area contributed by atoms with Crippen molar-refractivity contribution in [1.82, 2.24) is 14.8 Å². The van der Waals surface area contributed by atoms with E-state index in [2.05, 4.69) is 9.82 Å². The fourth-order valence-corrected chi connectivity index (χ4v) is 4.32. The van der Waals surface area contributed by atoms with Crippen LogP contribution in [0.4, 0.5) is 0 Å². The molecule has 6 nitrogen and oxygen atoms in total. The van der Waals surface area contributed by atoms with Crippen LogP contribution >= 0.6 is 22.9 Å². The molecule has 1 aromatic rings. The number of sulfonamides is 1. The molecular formula is C8H12ClN3O3S2. The maximum absolute atomic E-state index is 12.1. The van der Waals surface area contributed by atoms with Crippen molar-refractivity contribution in [2.45, 2.75) is 11.1 Å². The lowest BCUT2D eigenvalue weighted by molar-refractivity contribution is 0.0272. The first kappa shape index (κ1) is 13.2. The average Bonchev–Trinajstić information content (AvgIpc) is 2.59. The second-order valence-electron chi connectivity index (χ2n) is 3.53. The molecule has 0 aliphatic carbocycles. The van der Waals surface area contributed by atoms with Crippen molar-refractivity contribution in [3.8, 4) is 0 Å². The van der Waals surface area contributed by atoms with Crippen molar-refractivity contribution >= 4 is 33.0 Å². The molecule has 0 atom stereocenters. The molecule has 96 valence electrons. The number of thiazole rings is 1.